The summed E-state index contributed by atoms with van der Waals surface area (Å²) in [5.41, 5.74) is 1.95. The van der Waals surface area contributed by atoms with Crippen LogP contribution in [0.4, 0.5) is 10.1 Å². The lowest BCUT2D eigenvalue weighted by molar-refractivity contribution is -0.113. The summed E-state index contributed by atoms with van der Waals surface area (Å²) in [6.45, 7) is 3.15. The summed E-state index contributed by atoms with van der Waals surface area (Å²) in [6.07, 6.45) is 1.86. The first-order valence-electron chi connectivity index (χ1n) is 9.04. The van der Waals surface area contributed by atoms with E-state index in [2.05, 4.69) is 14.8 Å². The Kier molecular flexibility index (Phi) is 5.34. The van der Waals surface area contributed by atoms with Crippen LogP contribution in [0.5, 0.6) is 5.75 Å². The SMILES string of the molecule is COc1ccc(/C=C2\SC(N3CCN(c4ccc(F)cc4)CC3)=NC2=O)cc1. The van der Waals surface area contributed by atoms with Crippen molar-refractivity contribution in [1.82, 2.24) is 4.90 Å². The minimum atomic E-state index is -0.228. The van der Waals surface area contributed by atoms with Gasteiger partial charge in [0.05, 0.1) is 12.0 Å². The Morgan fingerprint density at radius 3 is 2.29 bits per heavy atom. The summed E-state index contributed by atoms with van der Waals surface area (Å²) < 4.78 is 18.3. The monoisotopic (exact) mass is 397 g/mol. The number of rotatable bonds is 3. The third-order valence-corrected chi connectivity index (χ3v) is 5.81. The van der Waals surface area contributed by atoms with Crippen LogP contribution in [0.1, 0.15) is 5.56 Å². The highest BCUT2D eigenvalue weighted by Crippen LogP contribution is 2.31. The molecule has 0 unspecified atom stereocenters. The van der Waals surface area contributed by atoms with Gasteiger partial charge in [0.2, 0.25) is 0 Å². The predicted molar refractivity (Wildman–Crippen MR) is 111 cm³/mol. The molecule has 4 rings (SSSR count). The van der Waals surface area contributed by atoms with Crippen molar-refractivity contribution in [3.05, 3.63) is 64.8 Å². The molecule has 2 aliphatic heterocycles. The van der Waals surface area contributed by atoms with E-state index in [-0.39, 0.29) is 11.7 Å². The smallest absolute Gasteiger partial charge is 0.286 e. The van der Waals surface area contributed by atoms with Gasteiger partial charge >= 0.3 is 0 Å². The number of halogens is 1. The fourth-order valence-corrected chi connectivity index (χ4v) is 4.16. The second kappa shape index (κ2) is 8.06. The standard InChI is InChI=1S/C21H20FN3O2S/c1-27-18-8-2-15(3-9-18)14-19-20(26)23-21(28-19)25-12-10-24(11-13-25)17-6-4-16(22)5-7-17/h2-9,14H,10-13H2,1H3/b19-14-. The summed E-state index contributed by atoms with van der Waals surface area (Å²) in [5, 5.41) is 0.753. The Bertz CT molecular complexity index is 918. The van der Waals surface area contributed by atoms with E-state index in [1.807, 2.05) is 30.3 Å². The van der Waals surface area contributed by atoms with E-state index in [1.165, 1.54) is 23.9 Å². The van der Waals surface area contributed by atoms with Gasteiger partial charge in [0.1, 0.15) is 11.6 Å². The molecule has 0 N–H and O–H groups in total. The molecule has 1 saturated heterocycles. The molecular weight excluding hydrogens is 377 g/mol. The highest BCUT2D eigenvalue weighted by molar-refractivity contribution is 8.18. The number of carbonyl (C=O) groups excluding carboxylic acids is 1. The number of amides is 1. The van der Waals surface area contributed by atoms with Gasteiger partial charge in [0, 0.05) is 31.9 Å². The minimum absolute atomic E-state index is 0.197. The number of amidine groups is 1. The second-order valence-corrected chi connectivity index (χ2v) is 7.54. The molecule has 0 saturated carbocycles. The fourth-order valence-electron chi connectivity index (χ4n) is 3.19. The molecule has 2 heterocycles. The molecule has 0 bridgehead atoms. The maximum atomic E-state index is 13.1. The number of ether oxygens (including phenoxy) is 1. The van der Waals surface area contributed by atoms with Gasteiger partial charge in [0.15, 0.2) is 5.17 Å². The first kappa shape index (κ1) is 18.6. The van der Waals surface area contributed by atoms with Gasteiger partial charge in [-0.05, 0) is 59.8 Å². The molecule has 2 aromatic carbocycles. The molecule has 1 amide bonds. The average molecular weight is 397 g/mol. The molecule has 28 heavy (non-hydrogen) atoms. The van der Waals surface area contributed by atoms with Gasteiger partial charge in [-0.3, -0.25) is 4.79 Å². The van der Waals surface area contributed by atoms with Crippen molar-refractivity contribution >= 4 is 34.6 Å². The summed E-state index contributed by atoms with van der Waals surface area (Å²) in [5.74, 6) is 0.356. The topological polar surface area (TPSA) is 45.1 Å². The Morgan fingerprint density at radius 1 is 1.00 bits per heavy atom. The van der Waals surface area contributed by atoms with Crippen LogP contribution < -0.4 is 9.64 Å². The van der Waals surface area contributed by atoms with Crippen molar-refractivity contribution in [3.8, 4) is 5.75 Å². The Labute approximate surface area is 167 Å². The fraction of sp³-hybridized carbons (Fsp3) is 0.238. The van der Waals surface area contributed by atoms with E-state index in [0.29, 0.717) is 4.91 Å². The third kappa shape index (κ3) is 4.04. The Morgan fingerprint density at radius 2 is 1.64 bits per heavy atom. The van der Waals surface area contributed by atoms with Gasteiger partial charge in [-0.25, -0.2) is 4.39 Å². The lowest BCUT2D eigenvalue weighted by Gasteiger charge is -2.36. The van der Waals surface area contributed by atoms with E-state index in [4.69, 9.17) is 4.74 Å². The number of aliphatic imine (C=N–C) groups is 1. The predicted octanol–water partition coefficient (Wildman–Crippen LogP) is 3.63. The first-order chi connectivity index (χ1) is 13.6. The first-order valence-corrected chi connectivity index (χ1v) is 9.86. The van der Waals surface area contributed by atoms with Crippen LogP contribution in [0.15, 0.2) is 58.4 Å². The number of carbonyl (C=O) groups is 1. The summed E-state index contributed by atoms with van der Waals surface area (Å²) in [7, 11) is 1.62. The maximum Gasteiger partial charge on any atom is 0.286 e. The zero-order chi connectivity index (χ0) is 19.5. The van der Waals surface area contributed by atoms with Gasteiger partial charge < -0.3 is 14.5 Å². The minimum Gasteiger partial charge on any atom is -0.497 e. The number of hydrogen-bond donors (Lipinski definition) is 0. The molecule has 0 atom stereocenters. The van der Waals surface area contributed by atoms with E-state index < -0.39 is 0 Å². The third-order valence-electron chi connectivity index (χ3n) is 4.76. The number of hydrogen-bond acceptors (Lipinski definition) is 5. The lowest BCUT2D eigenvalue weighted by Crippen LogP contribution is -2.47. The van der Waals surface area contributed by atoms with Crippen molar-refractivity contribution in [2.45, 2.75) is 0 Å². The molecule has 144 valence electrons. The van der Waals surface area contributed by atoms with Crippen molar-refractivity contribution in [2.24, 2.45) is 4.99 Å². The maximum absolute atomic E-state index is 13.1. The number of piperazine rings is 1. The second-order valence-electron chi connectivity index (χ2n) is 6.53. The number of methoxy groups -OCH3 is 1. The van der Waals surface area contributed by atoms with Gasteiger partial charge in [-0.2, -0.15) is 4.99 Å². The quantitative estimate of drug-likeness (QED) is 0.740. The number of thioether (sulfide) groups is 1. The van der Waals surface area contributed by atoms with Gasteiger partial charge in [0.25, 0.3) is 5.91 Å². The summed E-state index contributed by atoms with van der Waals surface area (Å²) >= 11 is 1.42. The van der Waals surface area contributed by atoms with Crippen LogP contribution in [-0.2, 0) is 4.79 Å². The molecule has 7 heteroatoms. The van der Waals surface area contributed by atoms with Crippen molar-refractivity contribution in [1.29, 1.82) is 0 Å². The highest BCUT2D eigenvalue weighted by Gasteiger charge is 2.28. The highest BCUT2D eigenvalue weighted by atomic mass is 32.2. The number of benzene rings is 2. The van der Waals surface area contributed by atoms with Crippen LogP contribution >= 0.6 is 11.8 Å². The van der Waals surface area contributed by atoms with Crippen LogP contribution in [0.25, 0.3) is 6.08 Å². The molecule has 0 radical (unpaired) electrons. The molecule has 2 aromatic rings. The van der Waals surface area contributed by atoms with E-state index in [9.17, 15) is 9.18 Å². The van der Waals surface area contributed by atoms with Crippen molar-refractivity contribution in [2.75, 3.05) is 38.2 Å². The largest absolute Gasteiger partial charge is 0.497 e. The molecule has 2 aliphatic rings. The average Bonchev–Trinajstić information content (AvgIpc) is 3.09. The van der Waals surface area contributed by atoms with E-state index in [1.54, 1.807) is 19.2 Å². The molecule has 0 aromatic heterocycles. The molecule has 5 nitrogen and oxygen atoms in total. The lowest BCUT2D eigenvalue weighted by atomic mass is 10.2. The normalized spacial score (nSPS) is 18.6. The van der Waals surface area contributed by atoms with Crippen LogP contribution in [-0.4, -0.2) is 49.3 Å². The summed E-state index contributed by atoms with van der Waals surface area (Å²) in [4.78, 5) is 21.5. The van der Waals surface area contributed by atoms with Crippen molar-refractivity contribution < 1.29 is 13.9 Å². The molecule has 1 fully saturated rings. The van der Waals surface area contributed by atoms with Crippen LogP contribution in [0, 0.1) is 5.82 Å². The molecule has 0 aliphatic carbocycles. The summed E-state index contributed by atoms with van der Waals surface area (Å²) in [6, 6.07) is 14.1. The Hall–Kier alpha value is -2.80. The molecule has 0 spiro atoms. The zero-order valence-electron chi connectivity index (χ0n) is 15.5. The van der Waals surface area contributed by atoms with Crippen LogP contribution in [0.3, 0.4) is 0 Å². The van der Waals surface area contributed by atoms with Gasteiger partial charge in [-0.1, -0.05) is 12.1 Å². The van der Waals surface area contributed by atoms with E-state index in [0.717, 1.165) is 48.3 Å². The van der Waals surface area contributed by atoms with Gasteiger partial charge in [-0.15, -0.1) is 0 Å². The van der Waals surface area contributed by atoms with Crippen LogP contribution in [0.2, 0.25) is 0 Å². The molecular formula is C21H20FN3O2S. The number of nitrogens with zero attached hydrogens (tertiary/aromatic N) is 3. The van der Waals surface area contributed by atoms with Crippen molar-refractivity contribution in [3.63, 3.8) is 0 Å². The number of anilines is 1. The van der Waals surface area contributed by atoms with E-state index >= 15 is 0 Å². The zero-order valence-corrected chi connectivity index (χ0v) is 16.3. The Balaban J connectivity index is 1.38.